The van der Waals surface area contributed by atoms with Crippen LogP contribution in [0.15, 0.2) is 23.8 Å². The Balaban J connectivity index is 1.69. The summed E-state index contributed by atoms with van der Waals surface area (Å²) in [5, 5.41) is 20.8. The van der Waals surface area contributed by atoms with Gasteiger partial charge >= 0.3 is 0 Å². The van der Waals surface area contributed by atoms with Crippen LogP contribution in [0.25, 0.3) is 0 Å². The summed E-state index contributed by atoms with van der Waals surface area (Å²) in [6.45, 7) is 7.13. The summed E-state index contributed by atoms with van der Waals surface area (Å²) >= 11 is 0. The van der Waals surface area contributed by atoms with Gasteiger partial charge in [0.05, 0.1) is 6.10 Å². The molecule has 0 amide bonds. The summed E-state index contributed by atoms with van der Waals surface area (Å²) in [5.41, 5.74) is 1.30. The Morgan fingerprint density at radius 3 is 2.72 bits per heavy atom. The van der Waals surface area contributed by atoms with Crippen molar-refractivity contribution in [2.24, 2.45) is 40.4 Å². The van der Waals surface area contributed by atoms with Crippen molar-refractivity contribution in [1.82, 2.24) is 0 Å². The van der Waals surface area contributed by atoms with Crippen molar-refractivity contribution in [1.29, 1.82) is 0 Å². The monoisotopic (exact) mass is 344 g/mol. The van der Waals surface area contributed by atoms with Gasteiger partial charge in [0.15, 0.2) is 5.78 Å². The number of aliphatic hydroxyl groups excluding tert-OH is 2. The molecule has 0 aromatic heterocycles. The van der Waals surface area contributed by atoms with Gasteiger partial charge in [-0.15, -0.1) is 0 Å². The Morgan fingerprint density at radius 1 is 1.24 bits per heavy atom. The first-order valence-electron chi connectivity index (χ1n) is 10.0. The normalized spacial score (nSPS) is 49.9. The van der Waals surface area contributed by atoms with Crippen LogP contribution in [0, 0.1) is 40.4 Å². The number of hydrogen-bond acceptors (Lipinski definition) is 3. The topological polar surface area (TPSA) is 57.5 Å². The predicted molar refractivity (Wildman–Crippen MR) is 97.7 cm³/mol. The van der Waals surface area contributed by atoms with Crippen molar-refractivity contribution < 1.29 is 15.0 Å². The number of carbonyl (C=O) groups excluding carboxylic acids is 1. The first-order valence-corrected chi connectivity index (χ1v) is 10.0. The van der Waals surface area contributed by atoms with Gasteiger partial charge in [-0.05, 0) is 79.3 Å². The highest BCUT2D eigenvalue weighted by Gasteiger charge is 2.61. The lowest BCUT2D eigenvalue weighted by molar-refractivity contribution is -0.113. The van der Waals surface area contributed by atoms with E-state index in [2.05, 4.69) is 26.8 Å². The molecule has 4 aliphatic rings. The molecule has 3 fully saturated rings. The zero-order valence-electron chi connectivity index (χ0n) is 15.7. The molecule has 0 bridgehead atoms. The van der Waals surface area contributed by atoms with E-state index in [1.165, 1.54) is 19.3 Å². The molecule has 0 saturated heterocycles. The molecule has 1 unspecified atom stereocenters. The molecule has 0 aromatic carbocycles. The number of carbonyl (C=O) groups is 1. The van der Waals surface area contributed by atoms with E-state index in [0.29, 0.717) is 36.0 Å². The molecule has 0 aliphatic heterocycles. The molecular formula is C22H32O3. The average molecular weight is 344 g/mol. The Kier molecular flexibility index (Phi) is 4.05. The third-order valence-electron chi connectivity index (χ3n) is 8.63. The summed E-state index contributed by atoms with van der Waals surface area (Å²) in [7, 11) is 0. The highest BCUT2D eigenvalue weighted by Crippen LogP contribution is 2.66. The fourth-order valence-electron chi connectivity index (χ4n) is 7.27. The maximum absolute atomic E-state index is 11.8. The van der Waals surface area contributed by atoms with Crippen molar-refractivity contribution in [3.63, 3.8) is 0 Å². The van der Waals surface area contributed by atoms with Crippen LogP contribution in [-0.4, -0.2) is 28.7 Å². The first kappa shape index (κ1) is 17.5. The minimum atomic E-state index is -0.337. The third-order valence-corrected chi connectivity index (χ3v) is 8.63. The molecule has 138 valence electrons. The second-order valence-electron chi connectivity index (χ2n) is 9.64. The molecule has 0 radical (unpaired) electrons. The van der Waals surface area contributed by atoms with Crippen LogP contribution in [0.5, 0.6) is 0 Å². The van der Waals surface area contributed by atoms with Gasteiger partial charge in [-0.1, -0.05) is 32.4 Å². The van der Waals surface area contributed by atoms with Crippen LogP contribution in [0.1, 0.15) is 52.9 Å². The van der Waals surface area contributed by atoms with Gasteiger partial charge in [-0.2, -0.15) is 0 Å². The van der Waals surface area contributed by atoms with Gasteiger partial charge in [-0.25, -0.2) is 0 Å². The zero-order valence-corrected chi connectivity index (χ0v) is 15.7. The third kappa shape index (κ3) is 2.35. The number of rotatable bonds is 2. The van der Waals surface area contributed by atoms with Crippen LogP contribution in [-0.2, 0) is 4.79 Å². The lowest BCUT2D eigenvalue weighted by Crippen LogP contribution is -2.55. The zero-order chi connectivity index (χ0) is 18.0. The predicted octanol–water partition coefficient (Wildman–Crippen LogP) is 3.51. The summed E-state index contributed by atoms with van der Waals surface area (Å²) in [4.78, 5) is 11.8. The Hall–Kier alpha value is -0.930. The van der Waals surface area contributed by atoms with E-state index in [1.807, 2.05) is 0 Å². The van der Waals surface area contributed by atoms with E-state index in [4.69, 9.17) is 0 Å². The van der Waals surface area contributed by atoms with Gasteiger partial charge in [-0.3, -0.25) is 4.79 Å². The van der Waals surface area contributed by atoms with Crippen molar-refractivity contribution in [2.75, 3.05) is 6.61 Å². The fourth-order valence-corrected chi connectivity index (χ4v) is 7.27. The molecule has 0 heterocycles. The number of ketones is 1. The van der Waals surface area contributed by atoms with Crippen molar-refractivity contribution in [2.45, 2.75) is 59.0 Å². The SMILES string of the molecule is CC(CO)[C@H]1CC[C@H]2[C@@H]3[C@H](O)CC4=CC(=O)C=C[C@]4(C)[C@H]3CC[C@]12C. The molecule has 3 nitrogen and oxygen atoms in total. The van der Waals surface area contributed by atoms with E-state index in [9.17, 15) is 15.0 Å². The van der Waals surface area contributed by atoms with Gasteiger partial charge in [0.2, 0.25) is 0 Å². The van der Waals surface area contributed by atoms with Crippen molar-refractivity contribution in [3.05, 3.63) is 23.8 Å². The number of fused-ring (bicyclic) bond motifs is 5. The van der Waals surface area contributed by atoms with E-state index >= 15 is 0 Å². The highest BCUT2D eigenvalue weighted by molar-refractivity contribution is 6.01. The Bertz CT molecular complexity index is 635. The average Bonchev–Trinajstić information content (AvgIpc) is 2.93. The minimum absolute atomic E-state index is 0.0662. The quantitative estimate of drug-likeness (QED) is 0.806. The maximum Gasteiger partial charge on any atom is 0.178 e. The molecule has 4 aliphatic carbocycles. The maximum atomic E-state index is 11.8. The Labute approximate surface area is 151 Å². The number of aliphatic hydroxyl groups is 2. The van der Waals surface area contributed by atoms with E-state index in [1.54, 1.807) is 12.2 Å². The first-order chi connectivity index (χ1) is 11.8. The molecule has 0 spiro atoms. The lowest BCUT2D eigenvalue weighted by Gasteiger charge is -2.58. The fraction of sp³-hybridized carbons (Fsp3) is 0.773. The van der Waals surface area contributed by atoms with E-state index < -0.39 is 0 Å². The minimum Gasteiger partial charge on any atom is -0.396 e. The molecule has 0 aromatic rings. The molecule has 25 heavy (non-hydrogen) atoms. The second-order valence-corrected chi connectivity index (χ2v) is 9.64. The summed E-state index contributed by atoms with van der Waals surface area (Å²) in [6.07, 6.45) is 10.6. The van der Waals surface area contributed by atoms with Crippen LogP contribution in [0.2, 0.25) is 0 Å². The van der Waals surface area contributed by atoms with Gasteiger partial charge in [0.25, 0.3) is 0 Å². The number of hydrogen-bond donors (Lipinski definition) is 2. The van der Waals surface area contributed by atoms with Crippen molar-refractivity contribution in [3.8, 4) is 0 Å². The molecule has 3 saturated carbocycles. The smallest absolute Gasteiger partial charge is 0.178 e. The van der Waals surface area contributed by atoms with Gasteiger partial charge in [0.1, 0.15) is 0 Å². The van der Waals surface area contributed by atoms with Crippen molar-refractivity contribution >= 4 is 5.78 Å². The standard InChI is InChI=1S/C22H32O3/c1-13(12-23)16-4-5-17-20-18(7-9-22(16,17)3)21(2)8-6-15(24)10-14(21)11-19(20)25/h6,8,10,13,16-20,23,25H,4-5,7,9,11-12H2,1-3H3/t13?,16-,17+,18+,19-,20+,21+,22-/m1/s1. The highest BCUT2D eigenvalue weighted by atomic mass is 16.3. The van der Waals surface area contributed by atoms with Gasteiger partial charge in [0, 0.05) is 12.0 Å². The second kappa shape index (κ2) is 5.79. The molecule has 3 heteroatoms. The van der Waals surface area contributed by atoms with E-state index in [0.717, 1.165) is 12.0 Å². The number of allylic oxidation sites excluding steroid dienone is 3. The Morgan fingerprint density at radius 2 is 2.00 bits per heavy atom. The summed E-state index contributed by atoms with van der Waals surface area (Å²) in [5.74, 6) is 2.23. The molecule has 8 atom stereocenters. The summed E-state index contributed by atoms with van der Waals surface area (Å²) in [6, 6.07) is 0. The van der Waals surface area contributed by atoms with Crippen LogP contribution >= 0.6 is 0 Å². The van der Waals surface area contributed by atoms with Crippen LogP contribution in [0.4, 0.5) is 0 Å². The van der Waals surface area contributed by atoms with Gasteiger partial charge < -0.3 is 10.2 Å². The summed E-state index contributed by atoms with van der Waals surface area (Å²) < 4.78 is 0. The molecule has 4 rings (SSSR count). The van der Waals surface area contributed by atoms with Crippen LogP contribution < -0.4 is 0 Å². The largest absolute Gasteiger partial charge is 0.396 e. The molecular weight excluding hydrogens is 312 g/mol. The van der Waals surface area contributed by atoms with E-state index in [-0.39, 0.29) is 29.3 Å². The molecule has 2 N–H and O–H groups in total. The lowest BCUT2D eigenvalue weighted by atomic mass is 9.46. The van der Waals surface area contributed by atoms with Crippen LogP contribution in [0.3, 0.4) is 0 Å².